The number of carbonyl (C=O) groups is 1. The van der Waals surface area contributed by atoms with Crippen molar-refractivity contribution in [2.24, 2.45) is 9.98 Å². The minimum absolute atomic E-state index is 0.131. The van der Waals surface area contributed by atoms with Gasteiger partial charge in [-0.15, -0.1) is 0 Å². The average molecular weight is 432 g/mol. The Kier molecular flexibility index (Phi) is 7.01. The largest absolute Gasteiger partial charge is 0.381 e. The van der Waals surface area contributed by atoms with Crippen molar-refractivity contribution >= 4 is 18.5 Å². The van der Waals surface area contributed by atoms with Crippen molar-refractivity contribution in [1.29, 1.82) is 0 Å². The van der Waals surface area contributed by atoms with E-state index >= 15 is 0 Å². The number of hydrogen-bond acceptors (Lipinski definition) is 7. The van der Waals surface area contributed by atoms with Crippen LogP contribution in [0.25, 0.3) is 11.4 Å². The van der Waals surface area contributed by atoms with Gasteiger partial charge in [0.05, 0.1) is 0 Å². The number of aliphatic hydroxyl groups is 1. The Morgan fingerprint density at radius 1 is 1.28 bits per heavy atom. The van der Waals surface area contributed by atoms with E-state index < -0.39 is 5.60 Å². The molecule has 0 unspecified atom stereocenters. The van der Waals surface area contributed by atoms with Crippen LogP contribution in [0.1, 0.15) is 37.9 Å². The first-order chi connectivity index (χ1) is 15.3. The Labute approximate surface area is 185 Å². The molecule has 1 amide bonds. The standard InChI is InChI=1S/C23H24N6O3/c1-15(13-26-20(24-4)18-10-5-6-11-25-18)21(30)27-14-16-8-7-9-17(12-16)19-28-22(32-29-19)23(2,3)31/h5-13,31H,4,14H2,1-3H3,(H,27,30)/b15-13+,26-20-. The van der Waals surface area contributed by atoms with Crippen LogP contribution in [0.4, 0.5) is 0 Å². The molecule has 2 N–H and O–H groups in total. The fourth-order valence-corrected chi connectivity index (χ4v) is 2.63. The van der Waals surface area contributed by atoms with Crippen LogP contribution in [-0.4, -0.2) is 38.7 Å². The minimum Gasteiger partial charge on any atom is -0.381 e. The van der Waals surface area contributed by atoms with Crippen molar-refractivity contribution < 1.29 is 14.4 Å². The van der Waals surface area contributed by atoms with Crippen LogP contribution in [0.5, 0.6) is 0 Å². The summed E-state index contributed by atoms with van der Waals surface area (Å²) in [7, 11) is 0. The Hall–Kier alpha value is -3.98. The molecule has 0 saturated heterocycles. The summed E-state index contributed by atoms with van der Waals surface area (Å²) in [6.07, 6.45) is 3.06. The van der Waals surface area contributed by atoms with E-state index in [2.05, 4.69) is 37.1 Å². The summed E-state index contributed by atoms with van der Waals surface area (Å²) in [4.78, 5) is 28.9. The van der Waals surface area contributed by atoms with Crippen molar-refractivity contribution in [3.8, 4) is 11.4 Å². The second kappa shape index (κ2) is 9.88. The fraction of sp³-hybridized carbons (Fsp3) is 0.217. The third-order valence-electron chi connectivity index (χ3n) is 4.37. The number of pyridine rings is 1. The molecule has 0 spiro atoms. The van der Waals surface area contributed by atoms with Crippen molar-refractivity contribution in [2.45, 2.75) is 32.9 Å². The molecule has 3 aromatic rings. The molecule has 32 heavy (non-hydrogen) atoms. The van der Waals surface area contributed by atoms with Crippen LogP contribution in [0.15, 0.2) is 74.9 Å². The maximum absolute atomic E-state index is 12.4. The van der Waals surface area contributed by atoms with Gasteiger partial charge < -0.3 is 14.9 Å². The summed E-state index contributed by atoms with van der Waals surface area (Å²) in [6.45, 7) is 8.60. The molecule has 0 aliphatic carbocycles. The number of rotatable bonds is 7. The SMILES string of the molecule is C=N/C(=N\C=C(/C)C(=O)NCc1cccc(-c2noc(C(C)(C)O)n2)c1)c1ccccn1. The lowest BCUT2D eigenvalue weighted by molar-refractivity contribution is -0.117. The van der Waals surface area contributed by atoms with Crippen LogP contribution in [0.3, 0.4) is 0 Å². The number of aliphatic imine (C=N–C) groups is 2. The number of nitrogens with one attached hydrogen (secondary N) is 1. The zero-order valence-electron chi connectivity index (χ0n) is 18.1. The van der Waals surface area contributed by atoms with Crippen molar-refractivity contribution in [3.63, 3.8) is 0 Å². The molecule has 9 nitrogen and oxygen atoms in total. The van der Waals surface area contributed by atoms with Gasteiger partial charge in [0, 0.05) is 30.1 Å². The van der Waals surface area contributed by atoms with Gasteiger partial charge in [0.1, 0.15) is 11.3 Å². The van der Waals surface area contributed by atoms with Gasteiger partial charge in [0.15, 0.2) is 5.84 Å². The van der Waals surface area contributed by atoms with E-state index in [1.165, 1.54) is 6.20 Å². The molecule has 3 rings (SSSR count). The number of amides is 1. The molecule has 2 aromatic heterocycles. The Morgan fingerprint density at radius 2 is 2.09 bits per heavy atom. The lowest BCUT2D eigenvalue weighted by Gasteiger charge is -2.09. The van der Waals surface area contributed by atoms with E-state index in [1.807, 2.05) is 30.3 Å². The third kappa shape index (κ3) is 5.79. The van der Waals surface area contributed by atoms with Crippen LogP contribution in [0, 0.1) is 0 Å². The first-order valence-corrected chi connectivity index (χ1v) is 9.84. The highest BCUT2D eigenvalue weighted by molar-refractivity contribution is 6.00. The molecule has 0 radical (unpaired) electrons. The molecular formula is C23H24N6O3. The molecule has 164 valence electrons. The normalized spacial score (nSPS) is 12.5. The second-order valence-corrected chi connectivity index (χ2v) is 7.50. The first-order valence-electron chi connectivity index (χ1n) is 9.84. The van der Waals surface area contributed by atoms with Gasteiger partial charge in [-0.25, -0.2) is 9.98 Å². The molecule has 0 aliphatic rings. The van der Waals surface area contributed by atoms with Gasteiger partial charge >= 0.3 is 0 Å². The zero-order chi connectivity index (χ0) is 23.1. The van der Waals surface area contributed by atoms with E-state index in [1.54, 1.807) is 39.1 Å². The zero-order valence-corrected chi connectivity index (χ0v) is 18.1. The first kappa shape index (κ1) is 22.7. The molecule has 0 aliphatic heterocycles. The van der Waals surface area contributed by atoms with E-state index in [4.69, 9.17) is 4.52 Å². The van der Waals surface area contributed by atoms with Gasteiger partial charge in [-0.05, 0) is 51.3 Å². The van der Waals surface area contributed by atoms with E-state index in [-0.39, 0.29) is 11.8 Å². The molecule has 0 fully saturated rings. The van der Waals surface area contributed by atoms with Crippen molar-refractivity contribution in [3.05, 3.63) is 77.6 Å². The Balaban J connectivity index is 1.66. The Morgan fingerprint density at radius 3 is 2.75 bits per heavy atom. The van der Waals surface area contributed by atoms with Gasteiger partial charge in [-0.1, -0.05) is 29.4 Å². The summed E-state index contributed by atoms with van der Waals surface area (Å²) in [5, 5.41) is 16.7. The second-order valence-electron chi connectivity index (χ2n) is 7.50. The molecule has 0 saturated carbocycles. The summed E-state index contributed by atoms with van der Waals surface area (Å²) in [5.74, 6) is 0.551. The number of hydrogen-bond donors (Lipinski definition) is 2. The Bertz CT molecular complexity index is 1160. The van der Waals surface area contributed by atoms with Crippen molar-refractivity contribution in [1.82, 2.24) is 20.4 Å². The minimum atomic E-state index is -1.22. The highest BCUT2D eigenvalue weighted by atomic mass is 16.5. The maximum atomic E-state index is 12.4. The topological polar surface area (TPSA) is 126 Å². The summed E-state index contributed by atoms with van der Waals surface area (Å²) in [5.41, 5.74) is 1.32. The highest BCUT2D eigenvalue weighted by Gasteiger charge is 2.24. The maximum Gasteiger partial charge on any atom is 0.258 e. The van der Waals surface area contributed by atoms with E-state index in [0.717, 1.165) is 5.56 Å². The van der Waals surface area contributed by atoms with E-state index in [0.29, 0.717) is 35.0 Å². The van der Waals surface area contributed by atoms with Gasteiger partial charge in [0.2, 0.25) is 11.7 Å². The van der Waals surface area contributed by atoms with Gasteiger partial charge in [0.25, 0.3) is 5.89 Å². The van der Waals surface area contributed by atoms with Crippen LogP contribution in [-0.2, 0) is 16.9 Å². The van der Waals surface area contributed by atoms with Crippen molar-refractivity contribution in [2.75, 3.05) is 0 Å². The lowest BCUT2D eigenvalue weighted by atomic mass is 10.1. The van der Waals surface area contributed by atoms with Crippen LogP contribution < -0.4 is 5.32 Å². The number of nitrogens with zero attached hydrogens (tertiary/aromatic N) is 5. The summed E-state index contributed by atoms with van der Waals surface area (Å²) >= 11 is 0. The lowest BCUT2D eigenvalue weighted by Crippen LogP contribution is -2.23. The van der Waals surface area contributed by atoms with Crippen LogP contribution >= 0.6 is 0 Å². The van der Waals surface area contributed by atoms with Crippen LogP contribution in [0.2, 0.25) is 0 Å². The summed E-state index contributed by atoms with van der Waals surface area (Å²) < 4.78 is 5.12. The molecule has 2 heterocycles. The summed E-state index contributed by atoms with van der Waals surface area (Å²) in [6, 6.07) is 12.7. The molecular weight excluding hydrogens is 408 g/mol. The molecule has 0 atom stereocenters. The molecule has 0 bridgehead atoms. The predicted molar refractivity (Wildman–Crippen MR) is 121 cm³/mol. The van der Waals surface area contributed by atoms with Gasteiger partial charge in [-0.3, -0.25) is 9.78 Å². The van der Waals surface area contributed by atoms with E-state index in [9.17, 15) is 9.90 Å². The molecule has 9 heteroatoms. The number of aromatic nitrogens is 3. The monoisotopic (exact) mass is 432 g/mol. The number of carbonyl (C=O) groups excluding carboxylic acids is 1. The smallest absolute Gasteiger partial charge is 0.258 e. The number of benzene rings is 1. The fourth-order valence-electron chi connectivity index (χ4n) is 2.63. The quantitative estimate of drug-likeness (QED) is 0.336. The van der Waals surface area contributed by atoms with Gasteiger partial charge in [-0.2, -0.15) is 4.98 Å². The number of amidine groups is 1. The third-order valence-corrected chi connectivity index (χ3v) is 4.37. The molecule has 1 aromatic carbocycles. The average Bonchev–Trinajstić information content (AvgIpc) is 3.30. The predicted octanol–water partition coefficient (Wildman–Crippen LogP) is 3.03. The highest BCUT2D eigenvalue weighted by Crippen LogP contribution is 2.22.